The number of hydrogen-bond acceptors (Lipinski definition) is 4. The smallest absolute Gasteiger partial charge is 0.229 e. The van der Waals surface area contributed by atoms with Gasteiger partial charge in [0.1, 0.15) is 0 Å². The molecule has 1 unspecified atom stereocenters. The third-order valence-electron chi connectivity index (χ3n) is 5.31. The minimum absolute atomic E-state index is 0.350. The number of nitrogens with zero attached hydrogens (tertiary/aromatic N) is 3. The minimum atomic E-state index is 0.350. The fraction of sp³-hybridized carbons (Fsp3) is 0.882. The maximum absolute atomic E-state index is 5.48. The van der Waals surface area contributed by atoms with Crippen molar-refractivity contribution in [3.63, 3.8) is 0 Å². The Morgan fingerprint density at radius 2 is 1.90 bits per heavy atom. The fourth-order valence-corrected chi connectivity index (χ4v) is 3.87. The Bertz CT molecular complexity index is 472. The van der Waals surface area contributed by atoms with Gasteiger partial charge in [0.05, 0.1) is 0 Å². The van der Waals surface area contributed by atoms with Crippen molar-refractivity contribution in [2.75, 3.05) is 13.1 Å². The lowest BCUT2D eigenvalue weighted by molar-refractivity contribution is 0.137. The molecule has 0 bridgehead atoms. The summed E-state index contributed by atoms with van der Waals surface area (Å²) in [6.07, 6.45) is 6.43. The largest absolute Gasteiger partial charge is 0.339 e. The van der Waals surface area contributed by atoms with Crippen LogP contribution in [0.1, 0.15) is 83.3 Å². The molecule has 0 amide bonds. The van der Waals surface area contributed by atoms with E-state index in [1.807, 2.05) is 0 Å². The van der Waals surface area contributed by atoms with E-state index in [0.29, 0.717) is 17.3 Å². The summed E-state index contributed by atoms with van der Waals surface area (Å²) >= 11 is 0. The maximum atomic E-state index is 5.48. The van der Waals surface area contributed by atoms with E-state index in [9.17, 15) is 0 Å². The summed E-state index contributed by atoms with van der Waals surface area (Å²) in [5.41, 5.74) is 0.542. The lowest BCUT2D eigenvalue weighted by atomic mass is 9.91. The highest BCUT2D eigenvalue weighted by Crippen LogP contribution is 2.41. The average Bonchev–Trinajstić information content (AvgIpc) is 3.05. The molecule has 4 heteroatoms. The first-order valence-electron chi connectivity index (χ1n) is 8.52. The quantitative estimate of drug-likeness (QED) is 0.845. The van der Waals surface area contributed by atoms with Crippen LogP contribution >= 0.6 is 0 Å². The Kier molecular flexibility index (Phi) is 4.08. The Morgan fingerprint density at radius 1 is 1.19 bits per heavy atom. The van der Waals surface area contributed by atoms with Crippen molar-refractivity contribution in [3.8, 4) is 0 Å². The van der Waals surface area contributed by atoms with Gasteiger partial charge in [0.15, 0.2) is 5.82 Å². The molecule has 1 aromatic heterocycles. The SMILES string of the molecule is CC(C)c1noc(C2CCN(C3CCC(C)(C)C3)CC2)n1. The molecule has 3 rings (SSSR count). The molecule has 0 aromatic carbocycles. The van der Waals surface area contributed by atoms with Gasteiger partial charge in [-0.2, -0.15) is 4.98 Å². The summed E-state index contributed by atoms with van der Waals surface area (Å²) < 4.78 is 5.48. The Balaban J connectivity index is 1.55. The molecule has 21 heavy (non-hydrogen) atoms. The van der Waals surface area contributed by atoms with Crippen LogP contribution in [0.3, 0.4) is 0 Å². The van der Waals surface area contributed by atoms with Crippen LogP contribution in [0, 0.1) is 5.41 Å². The number of likely N-dealkylation sites (tertiary alicyclic amines) is 1. The van der Waals surface area contributed by atoms with E-state index in [2.05, 4.69) is 42.7 Å². The second-order valence-electron chi connectivity index (χ2n) is 8.02. The summed E-state index contributed by atoms with van der Waals surface area (Å²) in [7, 11) is 0. The van der Waals surface area contributed by atoms with Crippen molar-refractivity contribution >= 4 is 0 Å². The average molecular weight is 291 g/mol. The zero-order valence-electron chi connectivity index (χ0n) is 13.9. The molecule has 1 aliphatic carbocycles. The van der Waals surface area contributed by atoms with Gasteiger partial charge in [0, 0.05) is 17.9 Å². The molecule has 4 nitrogen and oxygen atoms in total. The monoisotopic (exact) mass is 291 g/mol. The lowest BCUT2D eigenvalue weighted by Gasteiger charge is -2.35. The van der Waals surface area contributed by atoms with Crippen LogP contribution in [0.15, 0.2) is 4.52 Å². The molecule has 2 aliphatic rings. The molecule has 2 heterocycles. The van der Waals surface area contributed by atoms with Gasteiger partial charge in [-0.3, -0.25) is 0 Å². The van der Waals surface area contributed by atoms with Crippen molar-refractivity contribution in [1.29, 1.82) is 0 Å². The molecule has 118 valence electrons. The predicted octanol–water partition coefficient (Wildman–Crippen LogP) is 3.95. The van der Waals surface area contributed by atoms with Gasteiger partial charge in [-0.1, -0.05) is 32.9 Å². The van der Waals surface area contributed by atoms with Crippen molar-refractivity contribution < 1.29 is 4.52 Å². The van der Waals surface area contributed by atoms with Crippen LogP contribution in [0.4, 0.5) is 0 Å². The van der Waals surface area contributed by atoms with E-state index in [4.69, 9.17) is 4.52 Å². The standard InChI is InChI=1S/C17H29N3O/c1-12(2)15-18-16(21-19-15)13-6-9-20(10-7-13)14-5-8-17(3,4)11-14/h12-14H,5-11H2,1-4H3. The summed E-state index contributed by atoms with van der Waals surface area (Å²) in [6.45, 7) is 11.4. The molecule has 0 spiro atoms. The molecular weight excluding hydrogens is 262 g/mol. The van der Waals surface area contributed by atoms with Gasteiger partial charge in [0.25, 0.3) is 0 Å². The fourth-order valence-electron chi connectivity index (χ4n) is 3.87. The van der Waals surface area contributed by atoms with E-state index in [1.54, 1.807) is 0 Å². The van der Waals surface area contributed by atoms with Gasteiger partial charge in [-0.15, -0.1) is 0 Å². The number of piperidine rings is 1. The Morgan fingerprint density at radius 3 is 2.43 bits per heavy atom. The third-order valence-corrected chi connectivity index (χ3v) is 5.31. The zero-order chi connectivity index (χ0) is 15.0. The zero-order valence-corrected chi connectivity index (χ0v) is 13.9. The molecule has 0 radical (unpaired) electrons. The highest BCUT2D eigenvalue weighted by atomic mass is 16.5. The summed E-state index contributed by atoms with van der Waals surface area (Å²) in [6, 6.07) is 0.801. The molecule has 2 fully saturated rings. The number of hydrogen-bond donors (Lipinski definition) is 0. The van der Waals surface area contributed by atoms with Gasteiger partial charge in [-0.05, 0) is 50.6 Å². The van der Waals surface area contributed by atoms with Crippen LogP contribution < -0.4 is 0 Å². The van der Waals surface area contributed by atoms with Crippen molar-refractivity contribution in [2.24, 2.45) is 5.41 Å². The van der Waals surface area contributed by atoms with Gasteiger partial charge in [-0.25, -0.2) is 0 Å². The third kappa shape index (κ3) is 3.31. The van der Waals surface area contributed by atoms with Crippen LogP contribution in [0.25, 0.3) is 0 Å². The molecule has 1 saturated carbocycles. The predicted molar refractivity (Wildman–Crippen MR) is 83.4 cm³/mol. The Labute approximate surface area is 128 Å². The molecule has 1 aliphatic heterocycles. The second-order valence-corrected chi connectivity index (χ2v) is 8.02. The van der Waals surface area contributed by atoms with Crippen molar-refractivity contribution in [1.82, 2.24) is 15.0 Å². The van der Waals surface area contributed by atoms with Gasteiger partial charge in [0.2, 0.25) is 5.89 Å². The normalized spacial score (nSPS) is 27.6. The lowest BCUT2D eigenvalue weighted by Crippen LogP contribution is -2.40. The molecule has 1 atom stereocenters. The maximum Gasteiger partial charge on any atom is 0.229 e. The molecular formula is C17H29N3O. The highest BCUT2D eigenvalue weighted by Gasteiger charge is 2.36. The van der Waals surface area contributed by atoms with E-state index >= 15 is 0 Å². The van der Waals surface area contributed by atoms with Crippen LogP contribution in [0.5, 0.6) is 0 Å². The minimum Gasteiger partial charge on any atom is -0.339 e. The summed E-state index contributed by atoms with van der Waals surface area (Å²) in [4.78, 5) is 7.28. The Hall–Kier alpha value is -0.900. The topological polar surface area (TPSA) is 42.2 Å². The van der Waals surface area contributed by atoms with Gasteiger partial charge >= 0.3 is 0 Å². The number of rotatable bonds is 3. The first-order chi connectivity index (χ1) is 9.94. The van der Waals surface area contributed by atoms with Crippen LogP contribution in [-0.4, -0.2) is 34.2 Å². The van der Waals surface area contributed by atoms with Crippen LogP contribution in [-0.2, 0) is 0 Å². The molecule has 1 saturated heterocycles. The van der Waals surface area contributed by atoms with Crippen LogP contribution in [0.2, 0.25) is 0 Å². The second kappa shape index (κ2) is 5.71. The highest BCUT2D eigenvalue weighted by molar-refractivity contribution is 5.00. The van der Waals surface area contributed by atoms with E-state index in [0.717, 1.165) is 30.6 Å². The van der Waals surface area contributed by atoms with E-state index in [-0.39, 0.29) is 0 Å². The van der Waals surface area contributed by atoms with E-state index in [1.165, 1.54) is 32.4 Å². The number of aromatic nitrogens is 2. The summed E-state index contributed by atoms with van der Waals surface area (Å²) in [5.74, 6) is 2.54. The molecule has 0 N–H and O–H groups in total. The first-order valence-corrected chi connectivity index (χ1v) is 8.52. The summed E-state index contributed by atoms with van der Waals surface area (Å²) in [5, 5.41) is 4.11. The van der Waals surface area contributed by atoms with E-state index < -0.39 is 0 Å². The van der Waals surface area contributed by atoms with Crippen molar-refractivity contribution in [2.45, 2.75) is 77.7 Å². The van der Waals surface area contributed by atoms with Gasteiger partial charge < -0.3 is 9.42 Å². The molecule has 1 aromatic rings. The van der Waals surface area contributed by atoms with Crippen molar-refractivity contribution in [3.05, 3.63) is 11.7 Å². The first kappa shape index (κ1) is 15.0.